The number of halogens is 3. The van der Waals surface area contributed by atoms with Gasteiger partial charge in [0.15, 0.2) is 0 Å². The first-order chi connectivity index (χ1) is 6.39. The van der Waals surface area contributed by atoms with Gasteiger partial charge in [0.05, 0.1) is 0 Å². The maximum absolute atomic E-state index is 11.9. The predicted molar refractivity (Wildman–Crippen MR) is 44.4 cm³/mol. The van der Waals surface area contributed by atoms with Gasteiger partial charge in [-0.15, -0.1) is 0 Å². The third kappa shape index (κ3) is 3.95. The van der Waals surface area contributed by atoms with Gasteiger partial charge in [0.2, 0.25) is 5.91 Å². The molecular weight excluding hydrogens is 197 g/mol. The Morgan fingerprint density at radius 3 is 2.50 bits per heavy atom. The molecule has 0 aromatic heterocycles. The summed E-state index contributed by atoms with van der Waals surface area (Å²) in [6.45, 7) is -0.533. The van der Waals surface area contributed by atoms with Gasteiger partial charge in [0, 0.05) is 13.0 Å². The highest BCUT2D eigenvalue weighted by molar-refractivity contribution is 5.76. The highest BCUT2D eigenvalue weighted by atomic mass is 19.4. The normalized spacial score (nSPS) is 19.1. The molecule has 14 heavy (non-hydrogen) atoms. The molecule has 1 amide bonds. The third-order valence-corrected chi connectivity index (χ3v) is 2.11. The molecule has 0 aromatic rings. The lowest BCUT2D eigenvalue weighted by Gasteiger charge is -2.15. The van der Waals surface area contributed by atoms with Gasteiger partial charge in [-0.25, -0.2) is 0 Å². The molecule has 0 radical (unpaired) electrons. The molecule has 1 aliphatic carbocycles. The molecule has 0 aliphatic heterocycles. The van der Waals surface area contributed by atoms with Gasteiger partial charge in [-0.05, 0) is 18.8 Å². The van der Waals surface area contributed by atoms with Gasteiger partial charge in [0.25, 0.3) is 0 Å². The summed E-state index contributed by atoms with van der Waals surface area (Å²) in [7, 11) is 0. The van der Waals surface area contributed by atoms with Crippen LogP contribution in [-0.4, -0.2) is 24.7 Å². The van der Waals surface area contributed by atoms with E-state index in [1.807, 2.05) is 0 Å². The summed E-state index contributed by atoms with van der Waals surface area (Å²) >= 11 is 0. The van der Waals surface area contributed by atoms with E-state index in [0.29, 0.717) is 12.3 Å². The van der Waals surface area contributed by atoms with Crippen LogP contribution in [0.2, 0.25) is 0 Å². The average molecular weight is 210 g/mol. The monoisotopic (exact) mass is 210 g/mol. The van der Waals surface area contributed by atoms with Crippen molar-refractivity contribution in [2.75, 3.05) is 6.54 Å². The topological polar surface area (TPSA) is 55.1 Å². The largest absolute Gasteiger partial charge is 0.405 e. The minimum atomic E-state index is -4.44. The molecule has 1 saturated carbocycles. The van der Waals surface area contributed by atoms with Crippen molar-refractivity contribution in [1.82, 2.24) is 5.32 Å². The second-order valence-corrected chi connectivity index (χ2v) is 3.60. The van der Waals surface area contributed by atoms with E-state index in [9.17, 15) is 18.0 Å². The van der Waals surface area contributed by atoms with Crippen LogP contribution in [0.15, 0.2) is 0 Å². The molecule has 1 atom stereocenters. The summed E-state index contributed by atoms with van der Waals surface area (Å²) in [5.41, 5.74) is 4.81. The van der Waals surface area contributed by atoms with Crippen molar-refractivity contribution in [3.8, 4) is 0 Å². The van der Waals surface area contributed by atoms with Crippen LogP contribution >= 0.6 is 0 Å². The van der Waals surface area contributed by atoms with Crippen molar-refractivity contribution in [3.63, 3.8) is 0 Å². The lowest BCUT2D eigenvalue weighted by molar-refractivity contribution is -0.147. The molecule has 1 aliphatic rings. The summed E-state index contributed by atoms with van der Waals surface area (Å²) < 4.78 is 35.7. The first-order valence-corrected chi connectivity index (χ1v) is 4.48. The zero-order valence-electron chi connectivity index (χ0n) is 7.60. The predicted octanol–water partition coefficient (Wildman–Crippen LogP) is 0.792. The number of rotatable bonds is 4. The van der Waals surface area contributed by atoms with E-state index in [4.69, 9.17) is 5.73 Å². The first-order valence-electron chi connectivity index (χ1n) is 4.48. The Balaban J connectivity index is 2.15. The highest BCUT2D eigenvalue weighted by Gasteiger charge is 2.36. The Morgan fingerprint density at radius 2 is 2.07 bits per heavy atom. The number of nitrogens with two attached hydrogens (primary N) is 1. The minimum absolute atomic E-state index is 0.324. The van der Waals surface area contributed by atoms with Crippen molar-refractivity contribution in [1.29, 1.82) is 0 Å². The molecule has 1 unspecified atom stereocenters. The van der Waals surface area contributed by atoms with Crippen LogP contribution in [-0.2, 0) is 4.79 Å². The summed E-state index contributed by atoms with van der Waals surface area (Å²) in [5.74, 6) is 0.0318. The second kappa shape index (κ2) is 4.16. The van der Waals surface area contributed by atoms with Crippen molar-refractivity contribution in [2.24, 2.45) is 11.7 Å². The lowest BCUT2D eigenvalue weighted by atomic mass is 10.2. The standard InChI is InChI=1S/C8H13F3N2O/c9-8(10,11)6(12)4-13-7(14)3-5-1-2-5/h5-6H,1-4,12H2,(H,13,14). The van der Waals surface area contributed by atoms with Crippen LogP contribution in [0, 0.1) is 5.92 Å². The van der Waals surface area contributed by atoms with Crippen molar-refractivity contribution in [3.05, 3.63) is 0 Å². The van der Waals surface area contributed by atoms with Crippen LogP contribution < -0.4 is 11.1 Å². The number of alkyl halides is 3. The van der Waals surface area contributed by atoms with Crippen LogP contribution in [0.3, 0.4) is 0 Å². The smallest absolute Gasteiger partial charge is 0.354 e. The zero-order chi connectivity index (χ0) is 10.8. The third-order valence-electron chi connectivity index (χ3n) is 2.11. The van der Waals surface area contributed by atoms with E-state index in [-0.39, 0.29) is 5.91 Å². The Morgan fingerprint density at radius 1 is 1.50 bits per heavy atom. The summed E-state index contributed by atoms with van der Waals surface area (Å²) in [6, 6.07) is -1.97. The fourth-order valence-electron chi connectivity index (χ4n) is 0.996. The second-order valence-electron chi connectivity index (χ2n) is 3.60. The van der Waals surface area contributed by atoms with Gasteiger partial charge < -0.3 is 11.1 Å². The zero-order valence-corrected chi connectivity index (χ0v) is 7.60. The average Bonchev–Trinajstić information content (AvgIpc) is 2.82. The van der Waals surface area contributed by atoms with Crippen molar-refractivity contribution < 1.29 is 18.0 Å². The fourth-order valence-corrected chi connectivity index (χ4v) is 0.996. The molecule has 0 heterocycles. The molecule has 0 bridgehead atoms. The summed E-state index contributed by atoms with van der Waals surface area (Å²) in [4.78, 5) is 11.0. The van der Waals surface area contributed by atoms with Crippen molar-refractivity contribution in [2.45, 2.75) is 31.5 Å². The van der Waals surface area contributed by atoms with Gasteiger partial charge in [-0.1, -0.05) is 0 Å². The Bertz CT molecular complexity index is 213. The van der Waals surface area contributed by atoms with E-state index < -0.39 is 18.8 Å². The molecule has 82 valence electrons. The highest BCUT2D eigenvalue weighted by Crippen LogP contribution is 2.32. The van der Waals surface area contributed by atoms with Crippen LogP contribution in [0.25, 0.3) is 0 Å². The molecule has 0 aromatic carbocycles. The Hall–Kier alpha value is -0.780. The van der Waals surface area contributed by atoms with Gasteiger partial charge >= 0.3 is 6.18 Å². The van der Waals surface area contributed by atoms with E-state index in [1.165, 1.54) is 0 Å². The summed E-state index contributed by atoms with van der Waals surface area (Å²) in [6.07, 6.45) is -2.12. The minimum Gasteiger partial charge on any atom is -0.354 e. The SMILES string of the molecule is NC(CNC(=O)CC1CC1)C(F)(F)F. The molecule has 3 nitrogen and oxygen atoms in total. The first kappa shape index (κ1) is 11.3. The van der Waals surface area contributed by atoms with Crippen LogP contribution in [0.1, 0.15) is 19.3 Å². The van der Waals surface area contributed by atoms with Crippen molar-refractivity contribution >= 4 is 5.91 Å². The number of hydrogen-bond donors (Lipinski definition) is 2. The van der Waals surface area contributed by atoms with Crippen LogP contribution in [0.5, 0.6) is 0 Å². The number of carbonyl (C=O) groups is 1. The number of amides is 1. The quantitative estimate of drug-likeness (QED) is 0.720. The van der Waals surface area contributed by atoms with E-state index in [2.05, 4.69) is 5.32 Å². The molecule has 1 rings (SSSR count). The summed E-state index contributed by atoms with van der Waals surface area (Å²) in [5, 5.41) is 2.18. The van der Waals surface area contributed by atoms with E-state index >= 15 is 0 Å². The van der Waals surface area contributed by atoms with Gasteiger partial charge in [-0.3, -0.25) is 4.79 Å². The maximum atomic E-state index is 11.9. The fraction of sp³-hybridized carbons (Fsp3) is 0.875. The Labute approximate surface area is 79.8 Å². The van der Waals surface area contributed by atoms with Crippen LogP contribution in [0.4, 0.5) is 13.2 Å². The maximum Gasteiger partial charge on any atom is 0.405 e. The molecule has 1 fully saturated rings. The van der Waals surface area contributed by atoms with Gasteiger partial charge in [0.1, 0.15) is 6.04 Å². The van der Waals surface area contributed by atoms with Gasteiger partial charge in [-0.2, -0.15) is 13.2 Å². The Kier molecular flexibility index (Phi) is 3.36. The molecule has 0 spiro atoms. The molecular formula is C8H13F3N2O. The molecule has 0 saturated heterocycles. The number of carbonyl (C=O) groups excluding carboxylic acids is 1. The molecule has 6 heteroatoms. The van der Waals surface area contributed by atoms with E-state index in [1.54, 1.807) is 0 Å². The van der Waals surface area contributed by atoms with E-state index in [0.717, 1.165) is 12.8 Å². The lowest BCUT2D eigenvalue weighted by Crippen LogP contribution is -2.46. The number of hydrogen-bond acceptors (Lipinski definition) is 2. The number of nitrogens with one attached hydrogen (secondary N) is 1. The molecule has 3 N–H and O–H groups in total.